The van der Waals surface area contributed by atoms with Gasteiger partial charge in [0.05, 0.1) is 16.3 Å². The van der Waals surface area contributed by atoms with Gasteiger partial charge in [0.15, 0.2) is 0 Å². The Kier molecular flexibility index (Phi) is 4.19. The van der Waals surface area contributed by atoms with E-state index < -0.39 is 0 Å². The fourth-order valence-corrected chi connectivity index (χ4v) is 3.25. The van der Waals surface area contributed by atoms with Gasteiger partial charge in [0.2, 0.25) is 5.91 Å². The van der Waals surface area contributed by atoms with Crippen LogP contribution in [0.25, 0.3) is 11.0 Å². The van der Waals surface area contributed by atoms with Crippen LogP contribution in [-0.4, -0.2) is 45.4 Å². The van der Waals surface area contributed by atoms with Gasteiger partial charge in [-0.2, -0.15) is 11.8 Å². The van der Waals surface area contributed by atoms with Crippen LogP contribution in [0, 0.1) is 0 Å². The maximum Gasteiger partial charge on any atom is 0.235 e. The standard InChI is InChI=1S/C16H21N3OS/c1-11(21-2)16(20)19-9-7-12(8-10-19)15-17-13-5-3-4-6-14(13)18-15/h3-6,11-12H,7-10H2,1-2H3,(H,17,18)/t11-/m1/s1. The smallest absolute Gasteiger partial charge is 0.235 e. The Labute approximate surface area is 129 Å². The first-order valence-corrected chi connectivity index (χ1v) is 8.74. The number of fused-ring (bicyclic) bond motifs is 1. The highest BCUT2D eigenvalue weighted by Crippen LogP contribution is 2.28. The predicted octanol–water partition coefficient (Wildman–Crippen LogP) is 3.02. The van der Waals surface area contributed by atoms with Crippen LogP contribution in [0.2, 0.25) is 0 Å². The zero-order valence-electron chi connectivity index (χ0n) is 12.5. The number of hydrogen-bond acceptors (Lipinski definition) is 3. The molecule has 0 radical (unpaired) electrons. The van der Waals surface area contributed by atoms with E-state index in [1.165, 1.54) is 0 Å². The van der Waals surface area contributed by atoms with Crippen LogP contribution in [0.1, 0.15) is 31.5 Å². The molecule has 1 saturated heterocycles. The molecule has 1 aliphatic rings. The predicted molar refractivity (Wildman–Crippen MR) is 87.6 cm³/mol. The molecular formula is C16H21N3OS. The van der Waals surface area contributed by atoms with Crippen LogP contribution >= 0.6 is 11.8 Å². The number of carbonyl (C=O) groups is 1. The highest BCUT2D eigenvalue weighted by atomic mass is 32.2. The minimum absolute atomic E-state index is 0.0627. The van der Waals surface area contributed by atoms with Crippen LogP contribution in [0.4, 0.5) is 0 Å². The number of para-hydroxylation sites is 2. The molecule has 1 N–H and O–H groups in total. The van der Waals surface area contributed by atoms with Gasteiger partial charge in [-0.1, -0.05) is 12.1 Å². The SMILES string of the molecule is CS[C@H](C)C(=O)N1CCC(c2nc3ccccc3[nH]2)CC1. The number of likely N-dealkylation sites (tertiary alicyclic amines) is 1. The van der Waals surface area contributed by atoms with E-state index in [0.29, 0.717) is 5.92 Å². The summed E-state index contributed by atoms with van der Waals surface area (Å²) in [7, 11) is 0. The summed E-state index contributed by atoms with van der Waals surface area (Å²) < 4.78 is 0. The Balaban J connectivity index is 1.67. The first-order chi connectivity index (χ1) is 10.2. The van der Waals surface area contributed by atoms with Crippen LogP contribution in [0.15, 0.2) is 24.3 Å². The summed E-state index contributed by atoms with van der Waals surface area (Å²) >= 11 is 1.62. The maximum absolute atomic E-state index is 12.2. The van der Waals surface area contributed by atoms with Crippen molar-refractivity contribution in [2.24, 2.45) is 0 Å². The molecule has 0 bridgehead atoms. The number of rotatable bonds is 3. The van der Waals surface area contributed by atoms with Crippen LogP contribution in [0.5, 0.6) is 0 Å². The first-order valence-electron chi connectivity index (χ1n) is 7.45. The Morgan fingerprint density at radius 3 is 2.76 bits per heavy atom. The highest BCUT2D eigenvalue weighted by molar-refractivity contribution is 7.99. The molecule has 3 rings (SSSR count). The van der Waals surface area contributed by atoms with E-state index >= 15 is 0 Å². The van der Waals surface area contributed by atoms with Gasteiger partial charge in [0.25, 0.3) is 0 Å². The number of amides is 1. The molecule has 0 aliphatic carbocycles. The van der Waals surface area contributed by atoms with Crippen molar-refractivity contribution < 1.29 is 4.79 Å². The second kappa shape index (κ2) is 6.10. The van der Waals surface area contributed by atoms with Crippen molar-refractivity contribution >= 4 is 28.7 Å². The second-order valence-corrected chi connectivity index (χ2v) is 6.80. The van der Waals surface area contributed by atoms with Crippen molar-refractivity contribution in [3.63, 3.8) is 0 Å². The number of aromatic amines is 1. The Morgan fingerprint density at radius 1 is 1.38 bits per heavy atom. The van der Waals surface area contributed by atoms with Gasteiger partial charge in [-0.25, -0.2) is 4.98 Å². The minimum Gasteiger partial charge on any atom is -0.342 e. The van der Waals surface area contributed by atoms with Crippen molar-refractivity contribution in [1.82, 2.24) is 14.9 Å². The van der Waals surface area contributed by atoms with Crippen LogP contribution in [0.3, 0.4) is 0 Å². The third-order valence-electron chi connectivity index (χ3n) is 4.30. The molecule has 1 aromatic heterocycles. The summed E-state index contributed by atoms with van der Waals surface area (Å²) in [6, 6.07) is 8.13. The largest absolute Gasteiger partial charge is 0.342 e. The maximum atomic E-state index is 12.2. The molecule has 2 heterocycles. The lowest BCUT2D eigenvalue weighted by molar-refractivity contribution is -0.131. The molecule has 0 unspecified atom stereocenters. The van der Waals surface area contributed by atoms with Gasteiger partial charge in [-0.05, 0) is 38.2 Å². The van der Waals surface area contributed by atoms with E-state index in [9.17, 15) is 4.79 Å². The Hall–Kier alpha value is -1.49. The van der Waals surface area contributed by atoms with Crippen molar-refractivity contribution in [2.75, 3.05) is 19.3 Å². The minimum atomic E-state index is 0.0627. The summed E-state index contributed by atoms with van der Waals surface area (Å²) in [4.78, 5) is 22.3. The lowest BCUT2D eigenvalue weighted by Gasteiger charge is -2.32. The van der Waals surface area contributed by atoms with E-state index in [0.717, 1.165) is 42.8 Å². The van der Waals surface area contributed by atoms with Gasteiger partial charge in [-0.15, -0.1) is 0 Å². The number of benzene rings is 1. The van der Waals surface area contributed by atoms with Crippen LogP contribution in [-0.2, 0) is 4.79 Å². The van der Waals surface area contributed by atoms with Crippen molar-refractivity contribution in [1.29, 1.82) is 0 Å². The molecule has 1 fully saturated rings. The molecule has 1 amide bonds. The summed E-state index contributed by atoms with van der Waals surface area (Å²) in [6.45, 7) is 3.66. The first kappa shape index (κ1) is 14.4. The monoisotopic (exact) mass is 303 g/mol. The Morgan fingerprint density at radius 2 is 2.10 bits per heavy atom. The van der Waals surface area contributed by atoms with Gasteiger partial charge < -0.3 is 9.88 Å². The van der Waals surface area contributed by atoms with Gasteiger partial charge in [0.1, 0.15) is 5.82 Å². The normalized spacial score (nSPS) is 18.1. The number of nitrogens with zero attached hydrogens (tertiary/aromatic N) is 2. The molecule has 1 aliphatic heterocycles. The number of piperidine rings is 1. The molecular weight excluding hydrogens is 282 g/mol. The summed E-state index contributed by atoms with van der Waals surface area (Å²) in [5.41, 5.74) is 2.13. The van der Waals surface area contributed by atoms with Gasteiger partial charge >= 0.3 is 0 Å². The molecule has 0 spiro atoms. The molecule has 1 aromatic carbocycles. The molecule has 2 aromatic rings. The zero-order chi connectivity index (χ0) is 14.8. The topological polar surface area (TPSA) is 49.0 Å². The van der Waals surface area contributed by atoms with E-state index in [-0.39, 0.29) is 11.2 Å². The van der Waals surface area contributed by atoms with Crippen LogP contribution < -0.4 is 0 Å². The van der Waals surface area contributed by atoms with Gasteiger partial charge in [0, 0.05) is 19.0 Å². The molecule has 1 atom stereocenters. The summed E-state index contributed by atoms with van der Waals surface area (Å²) in [5, 5.41) is 0.0627. The summed E-state index contributed by atoms with van der Waals surface area (Å²) in [5.74, 6) is 1.78. The molecule has 21 heavy (non-hydrogen) atoms. The number of hydrogen-bond donors (Lipinski definition) is 1. The van der Waals surface area contributed by atoms with E-state index in [4.69, 9.17) is 4.98 Å². The average molecular weight is 303 g/mol. The number of imidazole rings is 1. The number of aromatic nitrogens is 2. The molecule has 112 valence electrons. The molecule has 4 nitrogen and oxygen atoms in total. The van der Waals surface area contributed by atoms with E-state index in [1.807, 2.05) is 36.3 Å². The third-order valence-corrected chi connectivity index (χ3v) is 5.21. The van der Waals surface area contributed by atoms with Crippen molar-refractivity contribution in [3.8, 4) is 0 Å². The number of nitrogens with one attached hydrogen (secondary N) is 1. The van der Waals surface area contributed by atoms with Gasteiger partial charge in [-0.3, -0.25) is 4.79 Å². The summed E-state index contributed by atoms with van der Waals surface area (Å²) in [6.07, 6.45) is 3.98. The highest BCUT2D eigenvalue weighted by Gasteiger charge is 2.27. The fraction of sp³-hybridized carbons (Fsp3) is 0.500. The zero-order valence-corrected chi connectivity index (χ0v) is 13.3. The molecule has 0 saturated carbocycles. The van der Waals surface area contributed by atoms with Crippen molar-refractivity contribution in [3.05, 3.63) is 30.1 Å². The lowest BCUT2D eigenvalue weighted by atomic mass is 9.96. The second-order valence-electron chi connectivity index (χ2n) is 5.62. The van der Waals surface area contributed by atoms with Crippen molar-refractivity contribution in [2.45, 2.75) is 30.9 Å². The average Bonchev–Trinajstić information content (AvgIpc) is 2.97. The van der Waals surface area contributed by atoms with E-state index in [2.05, 4.69) is 11.1 Å². The Bertz CT molecular complexity index is 598. The van der Waals surface area contributed by atoms with E-state index in [1.54, 1.807) is 11.8 Å². The lowest BCUT2D eigenvalue weighted by Crippen LogP contribution is -2.41. The fourth-order valence-electron chi connectivity index (χ4n) is 2.90. The number of H-pyrrole nitrogens is 1. The number of thioether (sulfide) groups is 1. The quantitative estimate of drug-likeness (QED) is 0.948. The third kappa shape index (κ3) is 2.93. The number of carbonyl (C=O) groups excluding carboxylic acids is 1. The molecule has 5 heteroatoms.